The van der Waals surface area contributed by atoms with Gasteiger partial charge in [-0.2, -0.15) is 0 Å². The first kappa shape index (κ1) is 14.8. The standard InChI is InChI=1S/C19H14F2/c1-5-15-10-18(20)17(19(21)11-15)7-6-16-13(3)8-12(2)9-14(16)4/h1,8-11H,2-4H3. The van der Waals surface area contributed by atoms with Crippen LogP contribution in [0, 0.1) is 56.6 Å². The summed E-state index contributed by atoms with van der Waals surface area (Å²) in [7, 11) is 0. The van der Waals surface area contributed by atoms with Gasteiger partial charge in [0.15, 0.2) is 0 Å². The molecule has 2 aromatic rings. The minimum Gasteiger partial charge on any atom is -0.205 e. The van der Waals surface area contributed by atoms with Crippen molar-refractivity contribution in [2.24, 2.45) is 0 Å². The van der Waals surface area contributed by atoms with E-state index < -0.39 is 11.6 Å². The molecule has 0 heterocycles. The quantitative estimate of drug-likeness (QED) is 0.632. The Balaban J connectivity index is 2.53. The number of terminal acetylenes is 1. The van der Waals surface area contributed by atoms with E-state index in [9.17, 15) is 8.78 Å². The van der Waals surface area contributed by atoms with Crippen molar-refractivity contribution in [2.75, 3.05) is 0 Å². The van der Waals surface area contributed by atoms with Gasteiger partial charge in [0.1, 0.15) is 11.6 Å². The van der Waals surface area contributed by atoms with E-state index in [0.717, 1.165) is 34.4 Å². The number of benzene rings is 2. The average Bonchev–Trinajstić information content (AvgIpc) is 2.39. The SMILES string of the molecule is C#Cc1cc(F)c(C#Cc2c(C)cc(C)cc2C)c(F)c1. The summed E-state index contributed by atoms with van der Waals surface area (Å²) in [5.74, 6) is 6.17. The van der Waals surface area contributed by atoms with Crippen molar-refractivity contribution in [3.63, 3.8) is 0 Å². The largest absolute Gasteiger partial charge is 0.205 e. The first-order valence-electron chi connectivity index (χ1n) is 6.48. The normalized spacial score (nSPS) is 9.71. The molecule has 0 radical (unpaired) electrons. The molecule has 2 aromatic carbocycles. The minimum absolute atomic E-state index is 0.165. The van der Waals surface area contributed by atoms with Crippen LogP contribution < -0.4 is 0 Å². The molecule has 0 spiro atoms. The molecule has 0 saturated carbocycles. The van der Waals surface area contributed by atoms with Gasteiger partial charge in [-0.15, -0.1) is 6.42 Å². The van der Waals surface area contributed by atoms with Crippen LogP contribution in [0.4, 0.5) is 8.78 Å². The zero-order valence-electron chi connectivity index (χ0n) is 12.1. The summed E-state index contributed by atoms with van der Waals surface area (Å²) in [6.45, 7) is 5.85. The highest BCUT2D eigenvalue weighted by Crippen LogP contribution is 2.17. The minimum atomic E-state index is -0.738. The lowest BCUT2D eigenvalue weighted by Gasteiger charge is -2.05. The van der Waals surface area contributed by atoms with Crippen molar-refractivity contribution in [1.29, 1.82) is 0 Å². The van der Waals surface area contributed by atoms with Gasteiger partial charge < -0.3 is 0 Å². The highest BCUT2D eigenvalue weighted by Gasteiger charge is 2.08. The summed E-state index contributed by atoms with van der Waals surface area (Å²) in [5, 5.41) is 0. The van der Waals surface area contributed by atoms with Gasteiger partial charge in [-0.1, -0.05) is 35.5 Å². The van der Waals surface area contributed by atoms with E-state index >= 15 is 0 Å². The fourth-order valence-corrected chi connectivity index (χ4v) is 2.28. The zero-order chi connectivity index (χ0) is 15.6. The van der Waals surface area contributed by atoms with Crippen LogP contribution in [0.25, 0.3) is 0 Å². The van der Waals surface area contributed by atoms with Crippen LogP contribution in [0.3, 0.4) is 0 Å². The number of rotatable bonds is 0. The van der Waals surface area contributed by atoms with Gasteiger partial charge in [0.2, 0.25) is 0 Å². The second-order valence-corrected chi connectivity index (χ2v) is 4.98. The molecule has 0 nitrogen and oxygen atoms in total. The van der Waals surface area contributed by atoms with Crippen molar-refractivity contribution in [1.82, 2.24) is 0 Å². The molecule has 0 amide bonds. The molecule has 21 heavy (non-hydrogen) atoms. The Hall–Kier alpha value is -2.58. The van der Waals surface area contributed by atoms with Crippen LogP contribution in [-0.4, -0.2) is 0 Å². The Labute approximate surface area is 123 Å². The molecule has 2 rings (SSSR count). The Bertz CT molecular complexity index is 766. The van der Waals surface area contributed by atoms with Crippen molar-refractivity contribution in [3.8, 4) is 24.2 Å². The predicted octanol–water partition coefficient (Wildman–Crippen LogP) is 4.27. The van der Waals surface area contributed by atoms with Gasteiger partial charge in [0, 0.05) is 11.1 Å². The molecule has 0 atom stereocenters. The lowest BCUT2D eigenvalue weighted by atomic mass is 10.00. The van der Waals surface area contributed by atoms with E-state index in [0.29, 0.717) is 0 Å². The summed E-state index contributed by atoms with van der Waals surface area (Å²) >= 11 is 0. The first-order chi connectivity index (χ1) is 9.92. The maximum absolute atomic E-state index is 13.8. The summed E-state index contributed by atoms with van der Waals surface area (Å²) in [4.78, 5) is 0. The first-order valence-corrected chi connectivity index (χ1v) is 6.48. The molecule has 0 bridgehead atoms. The van der Waals surface area contributed by atoms with Crippen LogP contribution in [0.2, 0.25) is 0 Å². The van der Waals surface area contributed by atoms with Gasteiger partial charge in [0.25, 0.3) is 0 Å². The third-order valence-electron chi connectivity index (χ3n) is 3.20. The monoisotopic (exact) mass is 280 g/mol. The molecular weight excluding hydrogens is 266 g/mol. The lowest BCUT2D eigenvalue weighted by Crippen LogP contribution is -1.94. The van der Waals surface area contributed by atoms with Gasteiger partial charge in [-0.3, -0.25) is 0 Å². The molecule has 104 valence electrons. The van der Waals surface area contributed by atoms with Crippen LogP contribution >= 0.6 is 0 Å². The van der Waals surface area contributed by atoms with Crippen molar-refractivity contribution in [3.05, 3.63) is 69.3 Å². The number of hydrogen-bond donors (Lipinski definition) is 0. The highest BCUT2D eigenvalue weighted by molar-refractivity contribution is 5.52. The highest BCUT2D eigenvalue weighted by atomic mass is 19.1. The Morgan fingerprint density at radius 3 is 1.76 bits per heavy atom. The third kappa shape index (κ3) is 3.12. The Kier molecular flexibility index (Phi) is 4.10. The van der Waals surface area contributed by atoms with E-state index in [4.69, 9.17) is 6.42 Å². The molecule has 0 aliphatic heterocycles. The smallest absolute Gasteiger partial charge is 0.143 e. The molecule has 0 aliphatic carbocycles. The second kappa shape index (κ2) is 5.81. The van der Waals surface area contributed by atoms with Crippen LogP contribution in [0.5, 0.6) is 0 Å². The van der Waals surface area contributed by atoms with Crippen LogP contribution in [0.15, 0.2) is 24.3 Å². The average molecular weight is 280 g/mol. The van der Waals surface area contributed by atoms with Crippen molar-refractivity contribution < 1.29 is 8.78 Å². The maximum atomic E-state index is 13.8. The number of aryl methyl sites for hydroxylation is 3. The molecule has 0 aliphatic rings. The molecule has 2 heteroatoms. The van der Waals surface area contributed by atoms with Gasteiger partial charge in [-0.05, 0) is 44.0 Å². The topological polar surface area (TPSA) is 0 Å². The third-order valence-corrected chi connectivity index (χ3v) is 3.20. The van der Waals surface area contributed by atoms with Crippen LogP contribution in [-0.2, 0) is 0 Å². The van der Waals surface area contributed by atoms with Gasteiger partial charge >= 0.3 is 0 Å². The summed E-state index contributed by atoms with van der Waals surface area (Å²) in [6.07, 6.45) is 5.14. The number of hydrogen-bond acceptors (Lipinski definition) is 0. The van der Waals surface area contributed by atoms with Crippen molar-refractivity contribution >= 4 is 0 Å². The fraction of sp³-hybridized carbons (Fsp3) is 0.158. The van der Waals surface area contributed by atoms with E-state index in [-0.39, 0.29) is 11.1 Å². The predicted molar refractivity (Wildman–Crippen MR) is 80.9 cm³/mol. The number of halogens is 2. The lowest BCUT2D eigenvalue weighted by molar-refractivity contribution is 0.577. The molecule has 0 N–H and O–H groups in total. The molecular formula is C19H14F2. The summed E-state index contributed by atoms with van der Waals surface area (Å²) < 4.78 is 27.7. The summed E-state index contributed by atoms with van der Waals surface area (Å²) in [6, 6.07) is 6.21. The zero-order valence-corrected chi connectivity index (χ0v) is 12.1. The van der Waals surface area contributed by atoms with E-state index in [2.05, 4.69) is 17.8 Å². The Morgan fingerprint density at radius 1 is 0.810 bits per heavy atom. The van der Waals surface area contributed by atoms with E-state index in [1.165, 1.54) is 0 Å². The van der Waals surface area contributed by atoms with Gasteiger partial charge in [0.05, 0.1) is 5.56 Å². The second-order valence-electron chi connectivity index (χ2n) is 4.98. The van der Waals surface area contributed by atoms with E-state index in [1.807, 2.05) is 32.9 Å². The maximum Gasteiger partial charge on any atom is 0.143 e. The Morgan fingerprint density at radius 2 is 1.29 bits per heavy atom. The van der Waals surface area contributed by atoms with E-state index in [1.54, 1.807) is 0 Å². The molecule has 0 fully saturated rings. The van der Waals surface area contributed by atoms with Crippen molar-refractivity contribution in [2.45, 2.75) is 20.8 Å². The molecule has 0 saturated heterocycles. The summed E-state index contributed by atoms with van der Waals surface area (Å²) in [5.41, 5.74) is 3.81. The molecule has 0 aromatic heterocycles. The van der Waals surface area contributed by atoms with Crippen LogP contribution in [0.1, 0.15) is 33.4 Å². The fourth-order valence-electron chi connectivity index (χ4n) is 2.28. The molecule has 0 unspecified atom stereocenters. The van der Waals surface area contributed by atoms with Gasteiger partial charge in [-0.25, -0.2) is 8.78 Å².